The van der Waals surface area contributed by atoms with E-state index < -0.39 is 0 Å². The minimum absolute atomic E-state index is 0.215. The van der Waals surface area contributed by atoms with Gasteiger partial charge in [-0.3, -0.25) is 9.48 Å². The fraction of sp³-hybridized carbons (Fsp3) is 0.412. The van der Waals surface area contributed by atoms with Gasteiger partial charge in [0, 0.05) is 12.6 Å². The molecule has 6 heteroatoms. The van der Waals surface area contributed by atoms with E-state index in [1.54, 1.807) is 16.8 Å². The Morgan fingerprint density at radius 1 is 1.26 bits per heavy atom. The summed E-state index contributed by atoms with van der Waals surface area (Å²) in [5.74, 6) is 1.64. The number of hydrogen-bond donors (Lipinski definition) is 1. The molecule has 1 aromatic carbocycles. The van der Waals surface area contributed by atoms with Crippen molar-refractivity contribution in [2.24, 2.45) is 7.05 Å². The van der Waals surface area contributed by atoms with Crippen molar-refractivity contribution in [3.05, 3.63) is 35.0 Å². The number of nitrogens with zero attached hydrogens (tertiary/aromatic N) is 2. The Labute approximate surface area is 135 Å². The van der Waals surface area contributed by atoms with Crippen LogP contribution in [0.5, 0.6) is 11.5 Å². The highest BCUT2D eigenvalue weighted by atomic mass is 16.6. The molecule has 6 nitrogen and oxygen atoms in total. The van der Waals surface area contributed by atoms with Crippen molar-refractivity contribution in [3.8, 4) is 11.5 Å². The van der Waals surface area contributed by atoms with Crippen molar-refractivity contribution in [3.63, 3.8) is 0 Å². The normalized spacial score (nSPS) is 13.0. The van der Waals surface area contributed by atoms with Gasteiger partial charge in [0.1, 0.15) is 19.0 Å². The summed E-state index contributed by atoms with van der Waals surface area (Å²) in [6.07, 6.45) is 1.66. The fourth-order valence-corrected chi connectivity index (χ4v) is 2.86. The number of rotatable bonds is 4. The van der Waals surface area contributed by atoms with Gasteiger partial charge < -0.3 is 14.8 Å². The first-order chi connectivity index (χ1) is 11.2. The van der Waals surface area contributed by atoms with Crippen LogP contribution in [0.4, 0.5) is 5.82 Å². The van der Waals surface area contributed by atoms with E-state index in [-0.39, 0.29) is 5.91 Å². The van der Waals surface area contributed by atoms with Crippen LogP contribution in [-0.2, 0) is 19.9 Å². The molecule has 0 spiro atoms. The number of anilines is 1. The largest absolute Gasteiger partial charge is 0.486 e. The van der Waals surface area contributed by atoms with Gasteiger partial charge in [0.15, 0.2) is 11.5 Å². The predicted octanol–water partition coefficient (Wildman–Crippen LogP) is 2.57. The van der Waals surface area contributed by atoms with Crippen LogP contribution in [0.3, 0.4) is 0 Å². The number of benzene rings is 1. The molecular weight excluding hydrogens is 294 g/mol. The lowest BCUT2D eigenvalue weighted by Gasteiger charge is -2.20. The molecule has 0 fully saturated rings. The van der Waals surface area contributed by atoms with E-state index in [0.717, 1.165) is 29.9 Å². The molecule has 0 aliphatic carbocycles. The van der Waals surface area contributed by atoms with Gasteiger partial charge in [-0.25, -0.2) is 0 Å². The molecule has 3 rings (SSSR count). The molecule has 2 aromatic rings. The number of carbonyl (C=O) groups is 1. The van der Waals surface area contributed by atoms with E-state index in [4.69, 9.17) is 9.47 Å². The zero-order valence-electron chi connectivity index (χ0n) is 13.7. The fourth-order valence-electron chi connectivity index (χ4n) is 2.86. The molecule has 1 N–H and O–H groups in total. The van der Waals surface area contributed by atoms with E-state index in [2.05, 4.69) is 24.3 Å². The Bertz CT molecular complexity index is 737. The third kappa shape index (κ3) is 2.76. The monoisotopic (exact) mass is 315 g/mol. The van der Waals surface area contributed by atoms with Crippen LogP contribution in [0.2, 0.25) is 0 Å². The Kier molecular flexibility index (Phi) is 4.23. The summed E-state index contributed by atoms with van der Waals surface area (Å²) < 4.78 is 12.9. The SMILES string of the molecule is CCc1nn(C)c(NC(=O)c2cccc3c2OCCO3)c1CC. The summed E-state index contributed by atoms with van der Waals surface area (Å²) in [6, 6.07) is 5.34. The number of fused-ring (bicyclic) bond motifs is 1. The summed E-state index contributed by atoms with van der Waals surface area (Å²) in [7, 11) is 1.84. The van der Waals surface area contributed by atoms with E-state index >= 15 is 0 Å². The van der Waals surface area contributed by atoms with E-state index in [9.17, 15) is 4.79 Å². The molecular formula is C17H21N3O3. The molecule has 1 aromatic heterocycles. The molecule has 0 saturated heterocycles. The Morgan fingerprint density at radius 3 is 2.78 bits per heavy atom. The van der Waals surface area contributed by atoms with Crippen LogP contribution >= 0.6 is 0 Å². The molecule has 23 heavy (non-hydrogen) atoms. The maximum Gasteiger partial charge on any atom is 0.260 e. The molecule has 1 amide bonds. The Hall–Kier alpha value is -2.50. The summed E-state index contributed by atoms with van der Waals surface area (Å²) in [4.78, 5) is 12.7. The highest BCUT2D eigenvalue weighted by Crippen LogP contribution is 2.34. The molecule has 122 valence electrons. The average Bonchev–Trinajstić information content (AvgIpc) is 2.89. The van der Waals surface area contributed by atoms with Gasteiger partial charge in [-0.2, -0.15) is 5.10 Å². The molecule has 2 heterocycles. The van der Waals surface area contributed by atoms with Gasteiger partial charge in [-0.15, -0.1) is 0 Å². The topological polar surface area (TPSA) is 65.4 Å². The summed E-state index contributed by atoms with van der Waals surface area (Å²) >= 11 is 0. The average molecular weight is 315 g/mol. The van der Waals surface area contributed by atoms with Crippen molar-refractivity contribution in [1.82, 2.24) is 9.78 Å². The quantitative estimate of drug-likeness (QED) is 0.942. The molecule has 0 atom stereocenters. The number of amides is 1. The summed E-state index contributed by atoms with van der Waals surface area (Å²) in [6.45, 7) is 5.07. The van der Waals surface area contributed by atoms with Crippen LogP contribution in [0.1, 0.15) is 35.5 Å². The zero-order valence-corrected chi connectivity index (χ0v) is 13.7. The van der Waals surface area contributed by atoms with Crippen LogP contribution < -0.4 is 14.8 Å². The van der Waals surface area contributed by atoms with E-state index in [0.29, 0.717) is 30.3 Å². The number of para-hydroxylation sites is 1. The first-order valence-corrected chi connectivity index (χ1v) is 7.90. The maximum absolute atomic E-state index is 12.7. The lowest BCUT2D eigenvalue weighted by Crippen LogP contribution is -2.21. The highest BCUT2D eigenvalue weighted by molar-refractivity contribution is 6.06. The van der Waals surface area contributed by atoms with Gasteiger partial charge in [-0.05, 0) is 25.0 Å². The molecule has 0 bridgehead atoms. The van der Waals surface area contributed by atoms with Crippen LogP contribution in [0, 0.1) is 0 Å². The molecule has 0 unspecified atom stereocenters. The summed E-state index contributed by atoms with van der Waals surface area (Å²) in [5.41, 5.74) is 2.56. The van der Waals surface area contributed by atoms with Crippen LogP contribution in [-0.4, -0.2) is 28.9 Å². The second-order valence-corrected chi connectivity index (χ2v) is 5.39. The van der Waals surface area contributed by atoms with Crippen LogP contribution in [0.15, 0.2) is 18.2 Å². The molecule has 1 aliphatic heterocycles. The lowest BCUT2D eigenvalue weighted by molar-refractivity contribution is 0.101. The van der Waals surface area contributed by atoms with Crippen molar-refractivity contribution in [2.45, 2.75) is 26.7 Å². The van der Waals surface area contributed by atoms with Gasteiger partial charge in [0.2, 0.25) is 0 Å². The molecule has 0 saturated carbocycles. The van der Waals surface area contributed by atoms with Crippen LogP contribution in [0.25, 0.3) is 0 Å². The first-order valence-electron chi connectivity index (χ1n) is 7.90. The number of aromatic nitrogens is 2. The standard InChI is InChI=1S/C17H21N3O3/c1-4-11-13(5-2)19-20(3)16(11)18-17(21)12-7-6-8-14-15(12)23-10-9-22-14/h6-8H,4-5,9-10H2,1-3H3,(H,18,21). The van der Waals surface area contributed by atoms with Gasteiger partial charge >= 0.3 is 0 Å². The highest BCUT2D eigenvalue weighted by Gasteiger charge is 2.22. The zero-order chi connectivity index (χ0) is 16.4. The van der Waals surface area contributed by atoms with Gasteiger partial charge in [0.05, 0.1) is 11.3 Å². The minimum atomic E-state index is -0.215. The van der Waals surface area contributed by atoms with E-state index in [1.165, 1.54) is 0 Å². The number of carbonyl (C=O) groups excluding carboxylic acids is 1. The third-order valence-electron chi connectivity index (χ3n) is 3.96. The van der Waals surface area contributed by atoms with Crippen molar-refractivity contribution < 1.29 is 14.3 Å². The maximum atomic E-state index is 12.7. The smallest absolute Gasteiger partial charge is 0.260 e. The van der Waals surface area contributed by atoms with Crippen molar-refractivity contribution in [1.29, 1.82) is 0 Å². The Morgan fingerprint density at radius 2 is 2.04 bits per heavy atom. The molecule has 0 radical (unpaired) electrons. The van der Waals surface area contributed by atoms with Gasteiger partial charge in [-0.1, -0.05) is 19.9 Å². The van der Waals surface area contributed by atoms with Crippen molar-refractivity contribution in [2.75, 3.05) is 18.5 Å². The first kappa shape index (κ1) is 15.4. The van der Waals surface area contributed by atoms with Gasteiger partial charge in [0.25, 0.3) is 5.91 Å². The molecule has 1 aliphatic rings. The number of ether oxygens (including phenoxy) is 2. The number of nitrogens with one attached hydrogen (secondary N) is 1. The summed E-state index contributed by atoms with van der Waals surface area (Å²) in [5, 5.41) is 7.46. The predicted molar refractivity (Wildman–Crippen MR) is 87.3 cm³/mol. The lowest BCUT2D eigenvalue weighted by atomic mass is 10.1. The second kappa shape index (κ2) is 6.32. The number of hydrogen-bond acceptors (Lipinski definition) is 4. The minimum Gasteiger partial charge on any atom is -0.486 e. The van der Waals surface area contributed by atoms with Crippen molar-refractivity contribution >= 4 is 11.7 Å². The number of aryl methyl sites for hydroxylation is 2. The third-order valence-corrected chi connectivity index (χ3v) is 3.96. The Balaban J connectivity index is 1.93. The second-order valence-electron chi connectivity index (χ2n) is 5.39. The van der Waals surface area contributed by atoms with E-state index in [1.807, 2.05) is 13.1 Å².